The van der Waals surface area contributed by atoms with Crippen molar-refractivity contribution >= 4 is 6.09 Å². The summed E-state index contributed by atoms with van der Waals surface area (Å²) in [6.45, 7) is 13.4. The first-order valence-corrected chi connectivity index (χ1v) is 5.36. The number of ether oxygens (including phenoxy) is 1. The molecule has 1 unspecified atom stereocenters. The van der Waals surface area contributed by atoms with Crippen LogP contribution in [-0.2, 0) is 4.74 Å². The van der Waals surface area contributed by atoms with Gasteiger partial charge in [0, 0.05) is 0 Å². The Morgan fingerprint density at radius 3 is 2.33 bits per heavy atom. The molecule has 3 nitrogen and oxygen atoms in total. The average Bonchev–Trinajstić information content (AvgIpc) is 1.98. The first-order valence-electron chi connectivity index (χ1n) is 5.36. The third-order valence-electron chi connectivity index (χ3n) is 1.71. The second-order valence-corrected chi connectivity index (χ2v) is 5.12. The molecule has 88 valence electrons. The van der Waals surface area contributed by atoms with Crippen LogP contribution in [0.3, 0.4) is 0 Å². The molecule has 0 aromatic carbocycles. The van der Waals surface area contributed by atoms with Crippen molar-refractivity contribution in [3.8, 4) is 0 Å². The summed E-state index contributed by atoms with van der Waals surface area (Å²) in [5.41, 5.74) is -0.451. The normalized spacial score (nSPS) is 13.5. The number of carbonyl (C=O) groups excluding carboxylic acids is 1. The van der Waals surface area contributed by atoms with Gasteiger partial charge >= 0.3 is 6.09 Å². The highest BCUT2D eigenvalue weighted by molar-refractivity contribution is 5.68. The maximum absolute atomic E-state index is 11.4. The van der Waals surface area contributed by atoms with Crippen molar-refractivity contribution < 1.29 is 9.53 Å². The molecule has 0 aliphatic carbocycles. The van der Waals surface area contributed by atoms with Crippen molar-refractivity contribution in [2.24, 2.45) is 5.92 Å². The first-order chi connectivity index (χ1) is 6.74. The van der Waals surface area contributed by atoms with Gasteiger partial charge in [-0.15, -0.1) is 6.58 Å². The number of rotatable bonds is 4. The van der Waals surface area contributed by atoms with E-state index in [1.165, 1.54) is 0 Å². The third kappa shape index (κ3) is 8.03. The molecule has 0 spiro atoms. The number of nitrogens with one attached hydrogen (secondary N) is 1. The molecule has 1 amide bonds. The van der Waals surface area contributed by atoms with Crippen LogP contribution in [0.15, 0.2) is 12.7 Å². The predicted molar refractivity (Wildman–Crippen MR) is 62.8 cm³/mol. The summed E-state index contributed by atoms with van der Waals surface area (Å²) in [6, 6.07) is -0.0140. The Bertz CT molecular complexity index is 216. The smallest absolute Gasteiger partial charge is 0.408 e. The molecule has 1 N–H and O–H groups in total. The van der Waals surface area contributed by atoms with Crippen LogP contribution in [0.5, 0.6) is 0 Å². The first kappa shape index (κ1) is 14.0. The van der Waals surface area contributed by atoms with Gasteiger partial charge in [-0.05, 0) is 33.1 Å². The molecule has 3 heteroatoms. The van der Waals surface area contributed by atoms with Crippen LogP contribution in [0.1, 0.15) is 41.0 Å². The van der Waals surface area contributed by atoms with E-state index in [0.29, 0.717) is 5.92 Å². The maximum atomic E-state index is 11.4. The largest absolute Gasteiger partial charge is 0.444 e. The van der Waals surface area contributed by atoms with Crippen LogP contribution in [0, 0.1) is 5.92 Å². The van der Waals surface area contributed by atoms with E-state index in [4.69, 9.17) is 4.74 Å². The highest BCUT2D eigenvalue weighted by Gasteiger charge is 2.18. The van der Waals surface area contributed by atoms with Crippen LogP contribution in [0.25, 0.3) is 0 Å². The fourth-order valence-electron chi connectivity index (χ4n) is 1.18. The van der Waals surface area contributed by atoms with Crippen molar-refractivity contribution in [3.05, 3.63) is 12.7 Å². The fourth-order valence-corrected chi connectivity index (χ4v) is 1.18. The highest BCUT2D eigenvalue weighted by atomic mass is 16.6. The molecule has 0 radical (unpaired) electrons. The van der Waals surface area contributed by atoms with Crippen molar-refractivity contribution in [2.45, 2.75) is 52.7 Å². The summed E-state index contributed by atoms with van der Waals surface area (Å²) >= 11 is 0. The van der Waals surface area contributed by atoms with E-state index >= 15 is 0 Å². The van der Waals surface area contributed by atoms with Crippen molar-refractivity contribution in [1.82, 2.24) is 5.32 Å². The minimum Gasteiger partial charge on any atom is -0.444 e. The topological polar surface area (TPSA) is 38.3 Å². The van der Waals surface area contributed by atoms with Crippen molar-refractivity contribution in [3.63, 3.8) is 0 Å². The van der Waals surface area contributed by atoms with Gasteiger partial charge in [0.15, 0.2) is 0 Å². The van der Waals surface area contributed by atoms with Crippen LogP contribution < -0.4 is 5.32 Å². The Balaban J connectivity index is 4.08. The molecular weight excluding hydrogens is 190 g/mol. The molecule has 0 bridgehead atoms. The van der Waals surface area contributed by atoms with E-state index in [1.54, 1.807) is 6.08 Å². The third-order valence-corrected chi connectivity index (χ3v) is 1.71. The number of hydrogen-bond acceptors (Lipinski definition) is 2. The van der Waals surface area contributed by atoms with Gasteiger partial charge in [0.25, 0.3) is 0 Å². The SMILES string of the molecule is C=CC(CC(C)C)NC(=O)OC(C)(C)C. The Morgan fingerprint density at radius 1 is 1.47 bits per heavy atom. The van der Waals surface area contributed by atoms with Crippen LogP contribution >= 0.6 is 0 Å². The molecule has 0 rings (SSSR count). The number of alkyl carbamates (subject to hydrolysis) is 1. The maximum Gasteiger partial charge on any atom is 0.408 e. The van der Waals surface area contributed by atoms with Gasteiger partial charge in [-0.25, -0.2) is 4.79 Å². The molecule has 0 aliphatic heterocycles. The zero-order valence-corrected chi connectivity index (χ0v) is 10.5. The predicted octanol–water partition coefficient (Wildman–Crippen LogP) is 3.11. The van der Waals surface area contributed by atoms with Gasteiger partial charge in [-0.3, -0.25) is 0 Å². The Labute approximate surface area is 92.9 Å². The van der Waals surface area contributed by atoms with Gasteiger partial charge in [-0.2, -0.15) is 0 Å². The van der Waals surface area contributed by atoms with E-state index in [9.17, 15) is 4.79 Å². The standard InChI is InChI=1S/C12H23NO2/c1-7-10(8-9(2)3)13-11(14)15-12(4,5)6/h7,9-10H,1,8H2,2-6H3,(H,13,14). The van der Waals surface area contributed by atoms with E-state index in [0.717, 1.165) is 6.42 Å². The molecule has 0 saturated heterocycles. The van der Waals surface area contributed by atoms with Gasteiger partial charge < -0.3 is 10.1 Å². The second-order valence-electron chi connectivity index (χ2n) is 5.12. The lowest BCUT2D eigenvalue weighted by molar-refractivity contribution is 0.0510. The minimum atomic E-state index is -0.451. The summed E-state index contributed by atoms with van der Waals surface area (Å²) in [7, 11) is 0. The molecule has 15 heavy (non-hydrogen) atoms. The lowest BCUT2D eigenvalue weighted by Crippen LogP contribution is -2.38. The van der Waals surface area contributed by atoms with Gasteiger partial charge in [-0.1, -0.05) is 19.9 Å². The van der Waals surface area contributed by atoms with Crippen molar-refractivity contribution in [1.29, 1.82) is 0 Å². The number of amides is 1. The van der Waals surface area contributed by atoms with Crippen LogP contribution in [0.4, 0.5) is 4.79 Å². The van der Waals surface area contributed by atoms with E-state index < -0.39 is 5.60 Å². The molecule has 0 aliphatic rings. The van der Waals surface area contributed by atoms with Gasteiger partial charge in [0.2, 0.25) is 0 Å². The van der Waals surface area contributed by atoms with Gasteiger partial charge in [0.1, 0.15) is 5.60 Å². The summed E-state index contributed by atoms with van der Waals surface area (Å²) in [5, 5.41) is 2.78. The monoisotopic (exact) mass is 213 g/mol. The van der Waals surface area contributed by atoms with E-state index in [2.05, 4.69) is 25.7 Å². The quantitative estimate of drug-likeness (QED) is 0.729. The van der Waals surface area contributed by atoms with Crippen molar-refractivity contribution in [2.75, 3.05) is 0 Å². The molecule has 0 saturated carbocycles. The molecule has 0 fully saturated rings. The molecule has 0 aromatic rings. The molecule has 1 atom stereocenters. The average molecular weight is 213 g/mol. The second kappa shape index (κ2) is 5.79. The zero-order chi connectivity index (χ0) is 12.1. The van der Waals surface area contributed by atoms with Crippen LogP contribution in [0.2, 0.25) is 0 Å². The van der Waals surface area contributed by atoms with Crippen LogP contribution in [-0.4, -0.2) is 17.7 Å². The summed E-state index contributed by atoms with van der Waals surface area (Å²) in [5.74, 6) is 0.517. The molecule has 0 heterocycles. The number of hydrogen-bond donors (Lipinski definition) is 1. The Hall–Kier alpha value is -0.990. The van der Waals surface area contributed by atoms with Gasteiger partial charge in [0.05, 0.1) is 6.04 Å². The molecule has 0 aromatic heterocycles. The highest BCUT2D eigenvalue weighted by Crippen LogP contribution is 2.09. The summed E-state index contributed by atoms with van der Waals surface area (Å²) < 4.78 is 5.15. The zero-order valence-electron chi connectivity index (χ0n) is 10.5. The fraction of sp³-hybridized carbons (Fsp3) is 0.750. The Morgan fingerprint density at radius 2 is 2.00 bits per heavy atom. The van der Waals surface area contributed by atoms with E-state index in [1.807, 2.05) is 20.8 Å². The Kier molecular flexibility index (Phi) is 5.40. The minimum absolute atomic E-state index is 0.0140. The van der Waals surface area contributed by atoms with E-state index in [-0.39, 0.29) is 12.1 Å². The number of carbonyl (C=O) groups is 1. The summed E-state index contributed by atoms with van der Waals surface area (Å²) in [6.07, 6.45) is 2.24. The lowest BCUT2D eigenvalue weighted by atomic mass is 10.0. The lowest BCUT2D eigenvalue weighted by Gasteiger charge is -2.22. The molecular formula is C12H23NO2. The summed E-state index contributed by atoms with van der Waals surface area (Å²) in [4.78, 5) is 11.4.